The number of hydrogen-bond acceptors (Lipinski definition) is 7. The van der Waals surface area contributed by atoms with Gasteiger partial charge < -0.3 is 9.80 Å². The van der Waals surface area contributed by atoms with E-state index in [0.29, 0.717) is 4.91 Å². The molecular weight excluding hydrogens is 400 g/mol. The Balaban J connectivity index is 1.44. The highest BCUT2D eigenvalue weighted by atomic mass is 32.2. The van der Waals surface area contributed by atoms with Gasteiger partial charge in [0.1, 0.15) is 12.1 Å². The van der Waals surface area contributed by atoms with Crippen LogP contribution in [0.15, 0.2) is 47.8 Å². The molecule has 2 fully saturated rings. The second-order valence-corrected chi connectivity index (χ2v) is 8.39. The van der Waals surface area contributed by atoms with E-state index in [1.807, 2.05) is 41.1 Å². The van der Waals surface area contributed by atoms with Crippen LogP contribution in [0.1, 0.15) is 5.56 Å². The van der Waals surface area contributed by atoms with Crippen LogP contribution in [-0.2, 0) is 4.79 Å². The van der Waals surface area contributed by atoms with Crippen LogP contribution >= 0.6 is 11.8 Å². The van der Waals surface area contributed by atoms with Gasteiger partial charge >= 0.3 is 0 Å². The van der Waals surface area contributed by atoms with Gasteiger partial charge in [-0.2, -0.15) is 0 Å². The van der Waals surface area contributed by atoms with E-state index in [1.165, 1.54) is 0 Å². The van der Waals surface area contributed by atoms with E-state index in [2.05, 4.69) is 32.1 Å². The lowest BCUT2D eigenvalue weighted by Crippen LogP contribution is -2.44. The van der Waals surface area contributed by atoms with Gasteiger partial charge in [-0.05, 0) is 54.7 Å². The zero-order valence-electron chi connectivity index (χ0n) is 16.4. The molecule has 4 heterocycles. The summed E-state index contributed by atoms with van der Waals surface area (Å²) in [6.45, 7) is 4.03. The third-order valence-electron chi connectivity index (χ3n) is 5.35. The molecule has 0 atom stereocenters. The van der Waals surface area contributed by atoms with Crippen LogP contribution in [0, 0.1) is 0 Å². The summed E-state index contributed by atoms with van der Waals surface area (Å²) in [7, 11) is 2.14. The second kappa shape index (κ2) is 7.58. The normalized spacial score (nSPS) is 19.1. The molecular formula is C21H20N6O2S. The van der Waals surface area contributed by atoms with Crippen LogP contribution in [0.25, 0.3) is 22.8 Å². The van der Waals surface area contributed by atoms with E-state index >= 15 is 0 Å². The second-order valence-electron chi connectivity index (χ2n) is 7.38. The number of benzene rings is 1. The van der Waals surface area contributed by atoms with Crippen LogP contribution < -0.4 is 10.2 Å². The number of likely N-dealkylation sites (N-methyl/N-ethyl adjacent to an activating group) is 1. The molecule has 3 aromatic rings. The molecule has 0 radical (unpaired) electrons. The van der Waals surface area contributed by atoms with Gasteiger partial charge in [-0.25, -0.2) is 9.97 Å². The molecule has 2 saturated heterocycles. The number of thioether (sulfide) groups is 1. The molecule has 0 bridgehead atoms. The number of rotatable bonds is 3. The van der Waals surface area contributed by atoms with Gasteiger partial charge in [-0.1, -0.05) is 6.07 Å². The number of aromatic nitrogens is 3. The number of carbonyl (C=O) groups excluding carboxylic acids is 2. The van der Waals surface area contributed by atoms with Crippen LogP contribution in [-0.4, -0.2) is 63.8 Å². The van der Waals surface area contributed by atoms with Crippen molar-refractivity contribution in [1.82, 2.24) is 24.8 Å². The van der Waals surface area contributed by atoms with Crippen molar-refractivity contribution in [2.75, 3.05) is 38.1 Å². The number of amides is 2. The molecule has 2 aromatic heterocycles. The Labute approximate surface area is 177 Å². The van der Waals surface area contributed by atoms with Gasteiger partial charge in [0.2, 0.25) is 0 Å². The summed E-state index contributed by atoms with van der Waals surface area (Å²) in [6.07, 6.45) is 5.35. The monoisotopic (exact) mass is 420 g/mol. The smallest absolute Gasteiger partial charge is 0.290 e. The fourth-order valence-electron chi connectivity index (χ4n) is 3.64. The zero-order valence-corrected chi connectivity index (χ0v) is 17.2. The highest BCUT2D eigenvalue weighted by molar-refractivity contribution is 8.18. The number of imide groups is 1. The minimum atomic E-state index is -0.359. The lowest BCUT2D eigenvalue weighted by Gasteiger charge is -2.33. The van der Waals surface area contributed by atoms with E-state index in [4.69, 9.17) is 0 Å². The fourth-order valence-corrected chi connectivity index (χ4v) is 4.32. The molecule has 0 spiro atoms. The van der Waals surface area contributed by atoms with Crippen molar-refractivity contribution in [2.24, 2.45) is 0 Å². The van der Waals surface area contributed by atoms with E-state index in [1.54, 1.807) is 12.4 Å². The number of pyridine rings is 1. The summed E-state index contributed by atoms with van der Waals surface area (Å²) in [5.41, 5.74) is 3.51. The summed E-state index contributed by atoms with van der Waals surface area (Å²) in [6, 6.07) is 9.84. The van der Waals surface area contributed by atoms with Crippen LogP contribution in [0.2, 0.25) is 0 Å². The molecule has 2 aliphatic heterocycles. The standard InChI is InChI=1S/C21H20N6O2S/c1-25-6-8-26(9-7-25)19-5-3-15(12-22-19)27-13-23-16-4-2-14(10-17(16)27)11-18-20(28)24-21(29)30-18/h2-5,10-13H,6-9H2,1H3,(H,24,28,29). The molecule has 9 heteroatoms. The number of imidazole rings is 1. The Morgan fingerprint density at radius 1 is 1.07 bits per heavy atom. The van der Waals surface area contributed by atoms with E-state index in [9.17, 15) is 9.59 Å². The van der Waals surface area contributed by atoms with Crippen molar-refractivity contribution in [1.29, 1.82) is 0 Å². The van der Waals surface area contributed by atoms with Gasteiger partial charge in [0.15, 0.2) is 0 Å². The Hall–Kier alpha value is -3.17. The molecule has 0 saturated carbocycles. The lowest BCUT2D eigenvalue weighted by molar-refractivity contribution is -0.115. The van der Waals surface area contributed by atoms with E-state index in [0.717, 1.165) is 66.0 Å². The maximum atomic E-state index is 11.8. The minimum Gasteiger partial charge on any atom is -0.354 e. The van der Waals surface area contributed by atoms with Crippen molar-refractivity contribution < 1.29 is 9.59 Å². The number of hydrogen-bond donors (Lipinski definition) is 1. The van der Waals surface area contributed by atoms with Gasteiger partial charge in [0.25, 0.3) is 11.1 Å². The summed E-state index contributed by atoms with van der Waals surface area (Å²) in [5, 5.41) is 1.93. The predicted octanol–water partition coefficient (Wildman–Crippen LogP) is 2.50. The lowest BCUT2D eigenvalue weighted by atomic mass is 10.2. The van der Waals surface area contributed by atoms with Crippen molar-refractivity contribution in [3.05, 3.63) is 53.3 Å². The van der Waals surface area contributed by atoms with Crippen molar-refractivity contribution in [2.45, 2.75) is 0 Å². The quantitative estimate of drug-likeness (QED) is 0.652. The summed E-state index contributed by atoms with van der Waals surface area (Å²) in [5.74, 6) is 0.623. The van der Waals surface area contributed by atoms with Gasteiger partial charge in [0.05, 0.1) is 27.8 Å². The largest absolute Gasteiger partial charge is 0.354 e. The molecule has 1 N–H and O–H groups in total. The highest BCUT2D eigenvalue weighted by Gasteiger charge is 2.25. The summed E-state index contributed by atoms with van der Waals surface area (Å²) < 4.78 is 1.98. The first kappa shape index (κ1) is 18.8. The Kier molecular flexibility index (Phi) is 4.76. The van der Waals surface area contributed by atoms with E-state index in [-0.39, 0.29) is 11.1 Å². The highest BCUT2D eigenvalue weighted by Crippen LogP contribution is 2.27. The first-order valence-electron chi connectivity index (χ1n) is 9.69. The molecule has 152 valence electrons. The molecule has 1 aromatic carbocycles. The number of carbonyl (C=O) groups is 2. The minimum absolute atomic E-state index is 0.344. The van der Waals surface area contributed by atoms with Crippen LogP contribution in [0.3, 0.4) is 0 Å². The van der Waals surface area contributed by atoms with Gasteiger partial charge in [-0.3, -0.25) is 19.5 Å². The molecule has 5 rings (SSSR count). The van der Waals surface area contributed by atoms with Crippen LogP contribution in [0.5, 0.6) is 0 Å². The Morgan fingerprint density at radius 3 is 2.60 bits per heavy atom. The first-order valence-corrected chi connectivity index (χ1v) is 10.5. The Bertz CT molecular complexity index is 1160. The molecule has 30 heavy (non-hydrogen) atoms. The zero-order chi connectivity index (χ0) is 20.7. The third-order valence-corrected chi connectivity index (χ3v) is 6.16. The van der Waals surface area contributed by atoms with Crippen molar-refractivity contribution in [3.63, 3.8) is 0 Å². The SMILES string of the molecule is CN1CCN(c2ccc(-n3cnc4ccc(C=C5SC(=O)NC5=O)cc43)cn2)CC1. The average molecular weight is 420 g/mol. The average Bonchev–Trinajstić information content (AvgIpc) is 3.31. The van der Waals surface area contributed by atoms with Gasteiger partial charge in [0, 0.05) is 26.2 Å². The predicted molar refractivity (Wildman–Crippen MR) is 118 cm³/mol. The number of nitrogens with zero attached hydrogens (tertiary/aromatic N) is 5. The summed E-state index contributed by atoms with van der Waals surface area (Å²) in [4.78, 5) is 37.4. The fraction of sp³-hybridized carbons (Fsp3) is 0.238. The van der Waals surface area contributed by atoms with Gasteiger partial charge in [-0.15, -0.1) is 0 Å². The number of anilines is 1. The third kappa shape index (κ3) is 3.57. The van der Waals surface area contributed by atoms with Crippen molar-refractivity contribution in [3.8, 4) is 5.69 Å². The maximum absolute atomic E-state index is 11.8. The number of fused-ring (bicyclic) bond motifs is 1. The number of nitrogens with one attached hydrogen (secondary N) is 1. The molecule has 0 aliphatic carbocycles. The maximum Gasteiger partial charge on any atom is 0.290 e. The number of piperazine rings is 1. The molecule has 2 aliphatic rings. The van der Waals surface area contributed by atoms with Crippen LogP contribution in [0.4, 0.5) is 10.6 Å². The molecule has 8 nitrogen and oxygen atoms in total. The summed E-state index contributed by atoms with van der Waals surface area (Å²) >= 11 is 0.913. The topological polar surface area (TPSA) is 83.4 Å². The first-order chi connectivity index (χ1) is 14.6. The molecule has 0 unspecified atom stereocenters. The Morgan fingerprint density at radius 2 is 1.90 bits per heavy atom. The molecule has 2 amide bonds. The van der Waals surface area contributed by atoms with E-state index < -0.39 is 0 Å². The van der Waals surface area contributed by atoms with Crippen molar-refractivity contribution >= 4 is 45.8 Å².